The fourth-order valence-corrected chi connectivity index (χ4v) is 2.21. The third kappa shape index (κ3) is 3.75. The van der Waals surface area contributed by atoms with Crippen LogP contribution in [0.2, 0.25) is 0 Å². The first-order valence-electron chi connectivity index (χ1n) is 6.81. The van der Waals surface area contributed by atoms with Gasteiger partial charge in [-0.2, -0.15) is 0 Å². The Morgan fingerprint density at radius 2 is 1.95 bits per heavy atom. The van der Waals surface area contributed by atoms with E-state index in [0.29, 0.717) is 6.42 Å². The van der Waals surface area contributed by atoms with Gasteiger partial charge in [-0.05, 0) is 36.5 Å². The highest BCUT2D eigenvalue weighted by Crippen LogP contribution is 2.13. The lowest BCUT2D eigenvalue weighted by molar-refractivity contribution is 0.0979. The lowest BCUT2D eigenvalue weighted by Crippen LogP contribution is -2.04. The minimum Gasteiger partial charge on any atom is -0.294 e. The molecule has 0 saturated heterocycles. The predicted molar refractivity (Wildman–Crippen MR) is 77.3 cm³/mol. The topological polar surface area (TPSA) is 30.0 Å². The number of ketones is 1. The van der Waals surface area contributed by atoms with E-state index >= 15 is 0 Å². The summed E-state index contributed by atoms with van der Waals surface area (Å²) in [7, 11) is 0. The van der Waals surface area contributed by atoms with Crippen molar-refractivity contribution in [2.75, 3.05) is 0 Å². The predicted octanol–water partition coefficient (Wildman–Crippen LogP) is 3.85. The van der Waals surface area contributed by atoms with Crippen molar-refractivity contribution in [3.8, 4) is 0 Å². The summed E-state index contributed by atoms with van der Waals surface area (Å²) in [4.78, 5) is 16.3. The molecule has 0 radical (unpaired) electrons. The molecule has 0 aliphatic rings. The Morgan fingerprint density at radius 3 is 2.68 bits per heavy atom. The van der Waals surface area contributed by atoms with Crippen LogP contribution in [0.4, 0.5) is 0 Å². The molecule has 0 saturated carbocycles. The number of aryl methyl sites for hydroxylation is 2. The quantitative estimate of drug-likeness (QED) is 0.732. The van der Waals surface area contributed by atoms with Gasteiger partial charge in [0.15, 0.2) is 5.78 Å². The maximum Gasteiger partial charge on any atom is 0.163 e. The van der Waals surface area contributed by atoms with Crippen LogP contribution in [0.15, 0.2) is 48.8 Å². The van der Waals surface area contributed by atoms with E-state index in [2.05, 4.69) is 24.0 Å². The summed E-state index contributed by atoms with van der Waals surface area (Å²) in [6.45, 7) is 2.05. The maximum atomic E-state index is 12.2. The molecule has 1 aromatic carbocycles. The van der Waals surface area contributed by atoms with E-state index in [4.69, 9.17) is 0 Å². The van der Waals surface area contributed by atoms with Gasteiger partial charge in [0.1, 0.15) is 0 Å². The number of carbonyl (C=O) groups is 1. The van der Waals surface area contributed by atoms with Gasteiger partial charge < -0.3 is 0 Å². The fraction of sp³-hybridized carbons (Fsp3) is 0.294. The zero-order chi connectivity index (χ0) is 13.5. The average molecular weight is 253 g/mol. The second-order valence-electron chi connectivity index (χ2n) is 4.65. The van der Waals surface area contributed by atoms with Crippen LogP contribution in [0.5, 0.6) is 0 Å². The molecule has 0 aliphatic heterocycles. The van der Waals surface area contributed by atoms with Crippen molar-refractivity contribution in [1.29, 1.82) is 0 Å². The molecule has 0 atom stereocenters. The van der Waals surface area contributed by atoms with Crippen LogP contribution < -0.4 is 0 Å². The third-order valence-electron chi connectivity index (χ3n) is 3.30. The number of carbonyl (C=O) groups excluding carboxylic acids is 1. The number of hydrogen-bond acceptors (Lipinski definition) is 2. The third-order valence-corrected chi connectivity index (χ3v) is 3.30. The number of rotatable bonds is 6. The molecule has 2 nitrogen and oxygen atoms in total. The first-order chi connectivity index (χ1) is 9.31. The molecule has 0 amide bonds. The molecular weight excluding hydrogens is 234 g/mol. The van der Waals surface area contributed by atoms with Gasteiger partial charge >= 0.3 is 0 Å². The second kappa shape index (κ2) is 6.83. The smallest absolute Gasteiger partial charge is 0.163 e. The van der Waals surface area contributed by atoms with Crippen molar-refractivity contribution in [1.82, 2.24) is 4.98 Å². The van der Waals surface area contributed by atoms with Gasteiger partial charge in [-0.25, -0.2) is 0 Å². The molecule has 1 heterocycles. The summed E-state index contributed by atoms with van der Waals surface area (Å²) in [5.41, 5.74) is 3.18. The first-order valence-corrected chi connectivity index (χ1v) is 6.81. The van der Waals surface area contributed by atoms with Crippen LogP contribution in [0.3, 0.4) is 0 Å². The summed E-state index contributed by atoms with van der Waals surface area (Å²) in [5.74, 6) is 0.232. The second-order valence-corrected chi connectivity index (χ2v) is 4.65. The van der Waals surface area contributed by atoms with Crippen molar-refractivity contribution in [3.63, 3.8) is 0 Å². The normalized spacial score (nSPS) is 10.4. The molecule has 0 unspecified atom stereocenters. The molecule has 2 rings (SSSR count). The lowest BCUT2D eigenvalue weighted by atomic mass is 9.99. The molecular formula is C17H19NO. The number of benzene rings is 1. The molecule has 2 heteroatoms. The van der Waals surface area contributed by atoms with Gasteiger partial charge in [-0.3, -0.25) is 9.78 Å². The van der Waals surface area contributed by atoms with Crippen LogP contribution in [-0.2, 0) is 12.8 Å². The van der Waals surface area contributed by atoms with E-state index < -0.39 is 0 Å². The number of Topliss-reactive ketones (excluding diaryl/α,β-unsaturated/α-hetero) is 1. The summed E-state index contributed by atoms with van der Waals surface area (Å²) < 4.78 is 0. The minimum absolute atomic E-state index is 0.232. The van der Waals surface area contributed by atoms with E-state index in [9.17, 15) is 4.79 Å². The Hall–Kier alpha value is -1.96. The number of pyridine rings is 1. The van der Waals surface area contributed by atoms with E-state index in [1.165, 1.54) is 5.56 Å². The summed E-state index contributed by atoms with van der Waals surface area (Å²) in [6.07, 6.45) is 6.81. The van der Waals surface area contributed by atoms with Gasteiger partial charge in [0.25, 0.3) is 0 Å². The zero-order valence-corrected chi connectivity index (χ0v) is 11.3. The summed E-state index contributed by atoms with van der Waals surface area (Å²) >= 11 is 0. The summed E-state index contributed by atoms with van der Waals surface area (Å²) in [6, 6.07) is 12.1. The van der Waals surface area contributed by atoms with Gasteiger partial charge in [-0.15, -0.1) is 0 Å². The molecule has 19 heavy (non-hydrogen) atoms. The Labute approximate surface area is 114 Å². The van der Waals surface area contributed by atoms with Gasteiger partial charge in [-0.1, -0.05) is 37.3 Å². The van der Waals surface area contributed by atoms with Crippen molar-refractivity contribution >= 4 is 5.78 Å². The Balaban J connectivity index is 1.91. The lowest BCUT2D eigenvalue weighted by Gasteiger charge is -2.06. The molecule has 0 N–H and O–H groups in total. The molecule has 1 aromatic heterocycles. The SMILES string of the molecule is CCc1cnccc1C(=O)CCCc1ccccc1. The number of aromatic nitrogens is 1. The molecule has 2 aromatic rings. The minimum atomic E-state index is 0.232. The highest BCUT2D eigenvalue weighted by atomic mass is 16.1. The highest BCUT2D eigenvalue weighted by Gasteiger charge is 2.09. The number of nitrogens with zero attached hydrogens (tertiary/aromatic N) is 1. The van der Waals surface area contributed by atoms with Crippen LogP contribution in [0.25, 0.3) is 0 Å². The maximum absolute atomic E-state index is 12.2. The zero-order valence-electron chi connectivity index (χ0n) is 11.3. The van der Waals surface area contributed by atoms with Crippen LogP contribution in [0, 0.1) is 0 Å². The first kappa shape index (κ1) is 13.5. The van der Waals surface area contributed by atoms with Crippen molar-refractivity contribution in [3.05, 3.63) is 65.5 Å². The van der Waals surface area contributed by atoms with Crippen LogP contribution >= 0.6 is 0 Å². The molecule has 0 bridgehead atoms. The highest BCUT2D eigenvalue weighted by molar-refractivity contribution is 5.97. The van der Waals surface area contributed by atoms with Gasteiger partial charge in [0.2, 0.25) is 0 Å². The van der Waals surface area contributed by atoms with Crippen LogP contribution in [-0.4, -0.2) is 10.8 Å². The Bertz CT molecular complexity index is 534. The molecule has 0 fully saturated rings. The average Bonchev–Trinajstić information content (AvgIpc) is 2.48. The Kier molecular flexibility index (Phi) is 4.85. The van der Waals surface area contributed by atoms with E-state index in [1.54, 1.807) is 12.4 Å². The fourth-order valence-electron chi connectivity index (χ4n) is 2.21. The molecule has 0 aliphatic carbocycles. The monoisotopic (exact) mass is 253 g/mol. The summed E-state index contributed by atoms with van der Waals surface area (Å²) in [5, 5.41) is 0. The number of hydrogen-bond donors (Lipinski definition) is 0. The largest absolute Gasteiger partial charge is 0.294 e. The van der Waals surface area contributed by atoms with Crippen LogP contribution in [0.1, 0.15) is 41.3 Å². The van der Waals surface area contributed by atoms with Crippen molar-refractivity contribution < 1.29 is 4.79 Å². The molecule has 0 spiro atoms. The van der Waals surface area contributed by atoms with Gasteiger partial charge in [0, 0.05) is 24.4 Å². The Morgan fingerprint density at radius 1 is 1.16 bits per heavy atom. The van der Waals surface area contributed by atoms with Crippen molar-refractivity contribution in [2.24, 2.45) is 0 Å². The van der Waals surface area contributed by atoms with E-state index in [1.807, 2.05) is 24.3 Å². The van der Waals surface area contributed by atoms with E-state index in [-0.39, 0.29) is 5.78 Å². The van der Waals surface area contributed by atoms with Crippen molar-refractivity contribution in [2.45, 2.75) is 32.6 Å². The standard InChI is InChI=1S/C17H19NO/c1-2-15-13-18-12-11-16(15)17(19)10-6-9-14-7-4-3-5-8-14/h3-5,7-8,11-13H,2,6,9-10H2,1H3. The molecule has 98 valence electrons. The van der Waals surface area contributed by atoms with Gasteiger partial charge in [0.05, 0.1) is 0 Å². The van der Waals surface area contributed by atoms with E-state index in [0.717, 1.165) is 30.4 Å².